The van der Waals surface area contributed by atoms with E-state index in [1.54, 1.807) is 27.9 Å². The summed E-state index contributed by atoms with van der Waals surface area (Å²) < 4.78 is 47.9. The molecule has 0 radical (unpaired) electrons. The van der Waals surface area contributed by atoms with Gasteiger partial charge < -0.3 is 15.4 Å². The van der Waals surface area contributed by atoms with Gasteiger partial charge in [0.15, 0.2) is 0 Å². The molecule has 1 aromatic carbocycles. The number of rotatable bonds is 4. The predicted molar refractivity (Wildman–Crippen MR) is 136 cm³/mol. The number of nitriles is 1. The Labute approximate surface area is 223 Å². The molecule has 2 N–H and O–H groups in total. The third-order valence-corrected chi connectivity index (χ3v) is 7.31. The lowest BCUT2D eigenvalue weighted by Gasteiger charge is -2.45. The highest BCUT2D eigenvalue weighted by molar-refractivity contribution is 5.70. The van der Waals surface area contributed by atoms with Gasteiger partial charge in [-0.3, -0.25) is 4.68 Å². The summed E-state index contributed by atoms with van der Waals surface area (Å²) in [7, 11) is 0. The average Bonchev–Trinajstić information content (AvgIpc) is 3.54. The molecule has 1 saturated carbocycles. The fourth-order valence-corrected chi connectivity index (χ4v) is 5.49. The highest BCUT2D eigenvalue weighted by atomic mass is 19.4. The second kappa shape index (κ2) is 9.32. The second-order valence-electron chi connectivity index (χ2n) is 11.5. The number of halogens is 3. The average molecular weight is 542 g/mol. The molecule has 2 aliphatic rings. The molecule has 0 unspecified atom stereocenters. The van der Waals surface area contributed by atoms with E-state index >= 15 is 0 Å². The molecule has 1 aliphatic heterocycles. The topological polar surface area (TPSA) is 115 Å². The largest absolute Gasteiger partial charge is 0.444 e. The van der Waals surface area contributed by atoms with Crippen LogP contribution in [0.5, 0.6) is 0 Å². The van der Waals surface area contributed by atoms with Crippen molar-refractivity contribution < 1.29 is 22.7 Å². The first-order valence-corrected chi connectivity index (χ1v) is 12.7. The molecule has 2 aromatic heterocycles. The zero-order chi connectivity index (χ0) is 28.2. The van der Waals surface area contributed by atoms with Gasteiger partial charge in [-0.1, -0.05) is 12.1 Å². The third kappa shape index (κ3) is 5.30. The van der Waals surface area contributed by atoms with Crippen molar-refractivity contribution in [3.8, 4) is 17.5 Å². The molecule has 12 heteroatoms. The third-order valence-electron chi connectivity index (χ3n) is 7.31. The van der Waals surface area contributed by atoms with E-state index in [9.17, 15) is 23.2 Å². The highest BCUT2D eigenvalue weighted by Crippen LogP contribution is 2.54. The van der Waals surface area contributed by atoms with Crippen LogP contribution in [-0.2, 0) is 17.5 Å². The van der Waals surface area contributed by atoms with Crippen LogP contribution < -0.4 is 5.73 Å². The van der Waals surface area contributed by atoms with E-state index < -0.39 is 17.3 Å². The Morgan fingerprint density at radius 2 is 1.97 bits per heavy atom. The number of alkyl halides is 3. The summed E-state index contributed by atoms with van der Waals surface area (Å²) in [5.74, 6) is 0.252. The Kier molecular flexibility index (Phi) is 6.36. The van der Waals surface area contributed by atoms with Crippen molar-refractivity contribution in [1.82, 2.24) is 24.5 Å². The summed E-state index contributed by atoms with van der Waals surface area (Å²) in [5, 5.41) is 18.9. The van der Waals surface area contributed by atoms with Crippen LogP contribution >= 0.6 is 0 Å². The van der Waals surface area contributed by atoms with E-state index in [4.69, 9.17) is 10.5 Å². The maximum Gasteiger partial charge on any atom is 0.416 e. The molecule has 0 bridgehead atoms. The Balaban J connectivity index is 1.29. The van der Waals surface area contributed by atoms with Crippen molar-refractivity contribution >= 4 is 11.9 Å². The summed E-state index contributed by atoms with van der Waals surface area (Å²) in [6.07, 6.45) is -0.699. The number of nitrogens with zero attached hydrogens (tertiary/aromatic N) is 6. The van der Waals surface area contributed by atoms with Gasteiger partial charge in [0.2, 0.25) is 0 Å². The number of carbonyl (C=O) groups is 1. The Morgan fingerprint density at radius 3 is 2.64 bits per heavy atom. The van der Waals surface area contributed by atoms with Crippen molar-refractivity contribution in [2.45, 2.75) is 64.4 Å². The van der Waals surface area contributed by atoms with Gasteiger partial charge >= 0.3 is 12.3 Å². The zero-order valence-corrected chi connectivity index (χ0v) is 22.0. The number of nitrogens with two attached hydrogens (primary N) is 1. The van der Waals surface area contributed by atoms with Crippen LogP contribution in [-0.4, -0.2) is 49.2 Å². The number of hydrogen-bond acceptors (Lipinski definition) is 6. The molecule has 3 heterocycles. The summed E-state index contributed by atoms with van der Waals surface area (Å²) >= 11 is 0. The maximum absolute atomic E-state index is 13.1. The van der Waals surface area contributed by atoms with E-state index in [0.717, 1.165) is 31.4 Å². The normalized spacial score (nSPS) is 21.2. The van der Waals surface area contributed by atoms with Crippen molar-refractivity contribution in [1.29, 1.82) is 5.26 Å². The SMILES string of the molecule is CC(C)(C)OC(=O)N1CC[C@]2(C1)C[C@H](n1nc(-c3ccn(Cc4cccc(C(F)(F)F)c4)n3)c(C#N)c1N)C2. The molecule has 5 rings (SSSR count). The van der Waals surface area contributed by atoms with Crippen LogP contribution in [0.1, 0.15) is 62.8 Å². The quantitative estimate of drug-likeness (QED) is 0.484. The fourth-order valence-electron chi connectivity index (χ4n) is 5.49. The zero-order valence-electron chi connectivity index (χ0n) is 22.0. The van der Waals surface area contributed by atoms with Gasteiger partial charge in [-0.15, -0.1) is 0 Å². The lowest BCUT2D eigenvalue weighted by molar-refractivity contribution is -0.137. The summed E-state index contributed by atoms with van der Waals surface area (Å²) in [4.78, 5) is 14.2. The summed E-state index contributed by atoms with van der Waals surface area (Å²) in [6, 6.07) is 8.85. The number of amides is 1. The van der Waals surface area contributed by atoms with Crippen LogP contribution in [0.25, 0.3) is 11.4 Å². The minimum Gasteiger partial charge on any atom is -0.444 e. The van der Waals surface area contributed by atoms with E-state index in [1.165, 1.54) is 10.7 Å². The van der Waals surface area contributed by atoms with Crippen LogP contribution in [0.15, 0.2) is 36.5 Å². The van der Waals surface area contributed by atoms with Gasteiger partial charge in [0, 0.05) is 19.3 Å². The van der Waals surface area contributed by atoms with Crippen LogP contribution in [0, 0.1) is 16.7 Å². The number of benzene rings is 1. The first-order chi connectivity index (χ1) is 18.3. The van der Waals surface area contributed by atoms with E-state index in [0.29, 0.717) is 30.0 Å². The molecule has 1 spiro atoms. The van der Waals surface area contributed by atoms with Gasteiger partial charge in [-0.2, -0.15) is 28.6 Å². The van der Waals surface area contributed by atoms with E-state index in [2.05, 4.69) is 16.3 Å². The van der Waals surface area contributed by atoms with Gasteiger partial charge in [-0.25, -0.2) is 9.48 Å². The number of carbonyl (C=O) groups excluding carboxylic acids is 1. The summed E-state index contributed by atoms with van der Waals surface area (Å²) in [6.45, 7) is 6.90. The number of anilines is 1. The number of hydrogen-bond donors (Lipinski definition) is 1. The lowest BCUT2D eigenvalue weighted by atomic mass is 9.65. The molecule has 0 atom stereocenters. The Bertz CT molecular complexity index is 1440. The number of nitrogen functional groups attached to an aromatic ring is 1. The molecule has 1 aliphatic carbocycles. The molecule has 9 nitrogen and oxygen atoms in total. The number of aromatic nitrogens is 4. The Morgan fingerprint density at radius 1 is 1.23 bits per heavy atom. The van der Waals surface area contributed by atoms with Gasteiger partial charge in [0.05, 0.1) is 18.2 Å². The first-order valence-electron chi connectivity index (χ1n) is 12.7. The van der Waals surface area contributed by atoms with Crippen molar-refractivity contribution in [3.63, 3.8) is 0 Å². The smallest absolute Gasteiger partial charge is 0.416 e. The standard InChI is InChI=1S/C27H30F3N7O2/c1-25(2,3)39-24(38)35-10-8-26(16-35)12-19(13-26)37-23(32)20(14-31)22(34-37)21-7-9-36(33-21)15-17-5-4-6-18(11-17)27(28,29)30/h4-7,9,11,19H,8,10,12-13,15-16,32H2,1-3H3/t19-,26-. The first kappa shape index (κ1) is 26.6. The fraction of sp³-hybridized carbons (Fsp3) is 0.481. The van der Waals surface area contributed by atoms with Gasteiger partial charge in [0.25, 0.3) is 0 Å². The van der Waals surface area contributed by atoms with Crippen LogP contribution in [0.4, 0.5) is 23.8 Å². The van der Waals surface area contributed by atoms with Crippen LogP contribution in [0.3, 0.4) is 0 Å². The minimum absolute atomic E-state index is 0.0170. The maximum atomic E-state index is 13.1. The highest BCUT2D eigenvalue weighted by Gasteiger charge is 2.51. The molecule has 206 valence electrons. The minimum atomic E-state index is -4.43. The molecular formula is C27H30F3N7O2. The van der Waals surface area contributed by atoms with Crippen molar-refractivity contribution in [2.75, 3.05) is 18.8 Å². The van der Waals surface area contributed by atoms with E-state index in [-0.39, 0.29) is 35.5 Å². The molecule has 2 fully saturated rings. The van der Waals surface area contributed by atoms with Crippen molar-refractivity contribution in [3.05, 3.63) is 53.2 Å². The van der Waals surface area contributed by atoms with E-state index in [1.807, 2.05) is 20.8 Å². The van der Waals surface area contributed by atoms with Gasteiger partial charge in [0.1, 0.15) is 34.4 Å². The molecular weight excluding hydrogens is 511 g/mol. The van der Waals surface area contributed by atoms with Crippen LogP contribution in [0.2, 0.25) is 0 Å². The summed E-state index contributed by atoms with van der Waals surface area (Å²) in [5.41, 5.74) is 6.43. The van der Waals surface area contributed by atoms with Gasteiger partial charge in [-0.05, 0) is 69.2 Å². The Hall–Kier alpha value is -4.01. The number of ether oxygens (including phenoxy) is 1. The molecule has 1 saturated heterocycles. The second-order valence-corrected chi connectivity index (χ2v) is 11.5. The lowest BCUT2D eigenvalue weighted by Crippen LogP contribution is -2.43. The molecule has 39 heavy (non-hydrogen) atoms. The number of likely N-dealkylation sites (tertiary alicyclic amines) is 1. The molecule has 3 aromatic rings. The van der Waals surface area contributed by atoms with Crippen molar-refractivity contribution in [2.24, 2.45) is 5.41 Å². The monoisotopic (exact) mass is 541 g/mol. The molecule has 1 amide bonds. The predicted octanol–water partition coefficient (Wildman–Crippen LogP) is 5.23.